The Kier molecular flexibility index (Phi) is 5.37. The van der Waals surface area contributed by atoms with Gasteiger partial charge in [-0.3, -0.25) is 4.98 Å². The second kappa shape index (κ2) is 7.04. The average molecular weight is 340 g/mol. The summed E-state index contributed by atoms with van der Waals surface area (Å²) in [6.07, 6.45) is 4.73. The van der Waals surface area contributed by atoms with Crippen LogP contribution in [0.2, 0.25) is 5.02 Å². The topological polar surface area (TPSA) is 24.9 Å². The van der Waals surface area contributed by atoms with Crippen LogP contribution in [0.4, 0.5) is 0 Å². The fourth-order valence-corrected chi connectivity index (χ4v) is 2.58. The Balaban J connectivity index is 2.40. The summed E-state index contributed by atoms with van der Waals surface area (Å²) in [7, 11) is 0. The van der Waals surface area contributed by atoms with Crippen molar-refractivity contribution in [3.8, 4) is 0 Å². The lowest BCUT2D eigenvalue weighted by molar-refractivity contribution is 0.597. The van der Waals surface area contributed by atoms with Crippen molar-refractivity contribution in [3.05, 3.63) is 63.3 Å². The highest BCUT2D eigenvalue weighted by molar-refractivity contribution is 9.10. The van der Waals surface area contributed by atoms with Crippen LogP contribution in [0.5, 0.6) is 0 Å². The minimum atomic E-state index is 0.0682. The molecule has 0 aliphatic rings. The maximum Gasteiger partial charge on any atom is 0.0607 e. The van der Waals surface area contributed by atoms with Crippen LogP contribution >= 0.6 is 27.5 Å². The molecule has 1 atom stereocenters. The zero-order chi connectivity index (χ0) is 13.7. The molecule has 0 bridgehead atoms. The monoisotopic (exact) mass is 338 g/mol. The number of halogens is 2. The van der Waals surface area contributed by atoms with E-state index in [1.54, 1.807) is 6.20 Å². The minimum absolute atomic E-state index is 0.0682. The van der Waals surface area contributed by atoms with Gasteiger partial charge in [0, 0.05) is 21.9 Å². The van der Waals surface area contributed by atoms with Crippen LogP contribution in [0.15, 0.2) is 47.2 Å². The van der Waals surface area contributed by atoms with E-state index in [-0.39, 0.29) is 6.04 Å². The number of aromatic nitrogens is 1. The molecular formula is C15H16BrClN2. The molecule has 0 amide bonds. The first kappa shape index (κ1) is 14.5. The van der Waals surface area contributed by atoms with Crippen molar-refractivity contribution in [1.82, 2.24) is 10.3 Å². The summed E-state index contributed by atoms with van der Waals surface area (Å²) in [6, 6.07) is 10.0. The lowest BCUT2D eigenvalue weighted by Gasteiger charge is -2.20. The zero-order valence-electron chi connectivity index (χ0n) is 10.7. The summed E-state index contributed by atoms with van der Waals surface area (Å²) >= 11 is 9.84. The first-order chi connectivity index (χ1) is 9.22. The number of benzene rings is 1. The second-order valence-electron chi connectivity index (χ2n) is 4.34. The van der Waals surface area contributed by atoms with Gasteiger partial charge in [0.05, 0.1) is 6.04 Å². The van der Waals surface area contributed by atoms with Crippen molar-refractivity contribution in [2.45, 2.75) is 19.4 Å². The molecule has 0 saturated heterocycles. The summed E-state index contributed by atoms with van der Waals surface area (Å²) in [5, 5.41) is 4.29. The van der Waals surface area contributed by atoms with E-state index in [1.807, 2.05) is 24.4 Å². The largest absolute Gasteiger partial charge is 0.306 e. The molecule has 0 aliphatic heterocycles. The van der Waals surface area contributed by atoms with E-state index in [9.17, 15) is 0 Å². The van der Waals surface area contributed by atoms with Crippen LogP contribution in [0.3, 0.4) is 0 Å². The van der Waals surface area contributed by atoms with Crippen LogP contribution in [0.1, 0.15) is 30.5 Å². The van der Waals surface area contributed by atoms with Gasteiger partial charge in [-0.1, -0.05) is 40.5 Å². The molecule has 0 fully saturated rings. The molecule has 2 rings (SSSR count). The highest BCUT2D eigenvalue weighted by atomic mass is 79.9. The number of nitrogens with zero attached hydrogens (tertiary/aromatic N) is 1. The Labute approximate surface area is 127 Å². The number of pyridine rings is 1. The molecule has 4 heteroatoms. The van der Waals surface area contributed by atoms with E-state index in [2.05, 4.69) is 45.3 Å². The Bertz CT molecular complexity index is 531. The van der Waals surface area contributed by atoms with Crippen molar-refractivity contribution in [2.75, 3.05) is 6.54 Å². The Hall–Kier alpha value is -0.900. The van der Waals surface area contributed by atoms with Crippen molar-refractivity contribution < 1.29 is 0 Å². The Morgan fingerprint density at radius 3 is 2.89 bits per heavy atom. The highest BCUT2D eigenvalue weighted by Gasteiger charge is 2.16. The second-order valence-corrected chi connectivity index (χ2v) is 5.66. The molecule has 0 saturated carbocycles. The molecule has 2 nitrogen and oxygen atoms in total. The van der Waals surface area contributed by atoms with Gasteiger partial charge in [-0.05, 0) is 48.4 Å². The Morgan fingerprint density at radius 1 is 1.37 bits per heavy atom. The first-order valence-corrected chi connectivity index (χ1v) is 7.47. The fraction of sp³-hybridized carbons (Fsp3) is 0.267. The van der Waals surface area contributed by atoms with Gasteiger partial charge in [-0.2, -0.15) is 0 Å². The third-order valence-electron chi connectivity index (χ3n) is 2.89. The third kappa shape index (κ3) is 3.78. The lowest BCUT2D eigenvalue weighted by Crippen LogP contribution is -2.23. The molecular weight excluding hydrogens is 324 g/mol. The van der Waals surface area contributed by atoms with Gasteiger partial charge in [0.2, 0.25) is 0 Å². The van der Waals surface area contributed by atoms with Gasteiger partial charge in [-0.15, -0.1) is 0 Å². The Morgan fingerprint density at radius 2 is 2.21 bits per heavy atom. The normalized spacial score (nSPS) is 12.4. The third-order valence-corrected chi connectivity index (χ3v) is 3.72. The molecule has 0 aliphatic carbocycles. The van der Waals surface area contributed by atoms with Crippen molar-refractivity contribution in [2.24, 2.45) is 0 Å². The zero-order valence-corrected chi connectivity index (χ0v) is 13.1. The molecule has 1 unspecified atom stereocenters. The van der Waals surface area contributed by atoms with Gasteiger partial charge < -0.3 is 5.32 Å². The van der Waals surface area contributed by atoms with E-state index < -0.39 is 0 Å². The maximum atomic E-state index is 6.34. The van der Waals surface area contributed by atoms with Gasteiger partial charge in [-0.25, -0.2) is 0 Å². The minimum Gasteiger partial charge on any atom is -0.306 e. The predicted molar refractivity (Wildman–Crippen MR) is 83.5 cm³/mol. The SMILES string of the molecule is CCCNC(c1cccnc1)c1cc(Br)ccc1Cl. The lowest BCUT2D eigenvalue weighted by atomic mass is 10.00. The predicted octanol–water partition coefficient (Wildman–Crippen LogP) is 4.59. The van der Waals surface area contributed by atoms with Gasteiger partial charge in [0.1, 0.15) is 0 Å². The summed E-state index contributed by atoms with van der Waals surface area (Å²) in [4.78, 5) is 4.20. The molecule has 0 spiro atoms. The van der Waals surface area contributed by atoms with Gasteiger partial charge in [0.25, 0.3) is 0 Å². The number of rotatable bonds is 5. The molecule has 1 N–H and O–H groups in total. The van der Waals surface area contributed by atoms with E-state index in [0.717, 1.165) is 33.6 Å². The van der Waals surface area contributed by atoms with E-state index in [4.69, 9.17) is 11.6 Å². The molecule has 2 aromatic rings. The molecule has 1 aromatic heterocycles. The summed E-state index contributed by atoms with van der Waals surface area (Å²) < 4.78 is 1.03. The highest BCUT2D eigenvalue weighted by Crippen LogP contribution is 2.30. The molecule has 19 heavy (non-hydrogen) atoms. The maximum absolute atomic E-state index is 6.34. The summed E-state index contributed by atoms with van der Waals surface area (Å²) in [5.41, 5.74) is 2.19. The molecule has 0 radical (unpaired) electrons. The van der Waals surface area contributed by atoms with Crippen LogP contribution in [-0.4, -0.2) is 11.5 Å². The van der Waals surface area contributed by atoms with E-state index >= 15 is 0 Å². The fourth-order valence-electron chi connectivity index (χ4n) is 1.98. The standard InChI is InChI=1S/C15H16BrClN2/c1-2-7-19-15(11-4-3-8-18-10-11)13-9-12(16)5-6-14(13)17/h3-6,8-10,15,19H,2,7H2,1H3. The van der Waals surface area contributed by atoms with Gasteiger partial charge in [0.15, 0.2) is 0 Å². The van der Waals surface area contributed by atoms with E-state index in [0.29, 0.717) is 0 Å². The van der Waals surface area contributed by atoms with Crippen molar-refractivity contribution >= 4 is 27.5 Å². The van der Waals surface area contributed by atoms with Crippen molar-refractivity contribution in [1.29, 1.82) is 0 Å². The average Bonchev–Trinajstić information content (AvgIpc) is 2.44. The smallest absolute Gasteiger partial charge is 0.0607 e. The van der Waals surface area contributed by atoms with Crippen LogP contribution < -0.4 is 5.32 Å². The number of nitrogens with one attached hydrogen (secondary N) is 1. The quantitative estimate of drug-likeness (QED) is 0.862. The molecule has 100 valence electrons. The van der Waals surface area contributed by atoms with Crippen LogP contribution in [0.25, 0.3) is 0 Å². The van der Waals surface area contributed by atoms with Crippen LogP contribution in [-0.2, 0) is 0 Å². The molecule has 1 heterocycles. The number of hydrogen-bond acceptors (Lipinski definition) is 2. The van der Waals surface area contributed by atoms with E-state index in [1.165, 1.54) is 0 Å². The van der Waals surface area contributed by atoms with Gasteiger partial charge >= 0.3 is 0 Å². The molecule has 1 aromatic carbocycles. The first-order valence-electron chi connectivity index (χ1n) is 6.30. The summed E-state index contributed by atoms with van der Waals surface area (Å²) in [5.74, 6) is 0. The van der Waals surface area contributed by atoms with Crippen molar-refractivity contribution in [3.63, 3.8) is 0 Å². The summed E-state index contributed by atoms with van der Waals surface area (Å²) in [6.45, 7) is 3.08. The van der Waals surface area contributed by atoms with Crippen LogP contribution in [0, 0.1) is 0 Å². The number of hydrogen-bond donors (Lipinski definition) is 1.